The number of ether oxygens (including phenoxy) is 1. The number of hydrogen-bond donors (Lipinski definition) is 1. The molecule has 0 saturated carbocycles. The number of fused-ring (bicyclic) bond motifs is 1. The Hall–Kier alpha value is -1.72. The summed E-state index contributed by atoms with van der Waals surface area (Å²) in [4.78, 5) is 4.70. The predicted molar refractivity (Wildman–Crippen MR) is 91.7 cm³/mol. The van der Waals surface area contributed by atoms with Crippen LogP contribution in [0.1, 0.15) is 5.56 Å². The quantitative estimate of drug-likeness (QED) is 0.695. The maximum absolute atomic E-state index is 5.26. The Kier molecular flexibility index (Phi) is 4.31. The Labute approximate surface area is 132 Å². The summed E-state index contributed by atoms with van der Waals surface area (Å²) in [5, 5.41) is 6.43. The van der Waals surface area contributed by atoms with Gasteiger partial charge in [-0.2, -0.15) is 0 Å². The number of anilines is 1. The number of methoxy groups -OCH3 is 1. The summed E-state index contributed by atoms with van der Waals surface area (Å²) in [6.07, 6.45) is 0. The van der Waals surface area contributed by atoms with E-state index in [1.807, 2.05) is 30.9 Å². The molecule has 0 aliphatic carbocycles. The molecule has 1 aromatic carbocycles. The third-order valence-electron chi connectivity index (χ3n) is 3.21. The van der Waals surface area contributed by atoms with Crippen LogP contribution in [0, 0.1) is 0 Å². The van der Waals surface area contributed by atoms with Gasteiger partial charge in [-0.1, -0.05) is 6.07 Å². The number of thiophene rings is 1. The van der Waals surface area contributed by atoms with E-state index in [9.17, 15) is 0 Å². The van der Waals surface area contributed by atoms with Crippen molar-refractivity contribution < 1.29 is 4.74 Å². The van der Waals surface area contributed by atoms with Crippen molar-refractivity contribution in [2.75, 3.05) is 19.5 Å². The number of hydrogen-bond acceptors (Lipinski definition) is 5. The van der Waals surface area contributed by atoms with Crippen molar-refractivity contribution in [3.63, 3.8) is 0 Å². The van der Waals surface area contributed by atoms with E-state index in [2.05, 4.69) is 35.0 Å². The third-order valence-corrected chi connectivity index (χ3v) is 5.39. The van der Waals surface area contributed by atoms with Crippen LogP contribution in [0.2, 0.25) is 0 Å². The average Bonchev–Trinajstić information content (AvgIpc) is 3.04. The summed E-state index contributed by atoms with van der Waals surface area (Å²) < 4.78 is 6.59. The maximum Gasteiger partial charge on any atom is 0.130 e. The molecule has 3 nitrogen and oxygen atoms in total. The standard InChI is InChI=1S/C16H16N2OS2/c1-17-16-12(10-21-15-4-3-7-20-15)8-11-5-6-13(19-2)9-14(11)18-16/h3-9H,10H2,1-2H3,(H,17,18). The second-order valence-corrected chi connectivity index (χ2v) is 6.75. The fourth-order valence-corrected chi connectivity index (χ4v) is 3.90. The predicted octanol–water partition coefficient (Wildman–Crippen LogP) is 4.64. The highest BCUT2D eigenvalue weighted by Crippen LogP contribution is 2.31. The van der Waals surface area contributed by atoms with Gasteiger partial charge in [0.15, 0.2) is 0 Å². The molecule has 0 atom stereocenters. The van der Waals surface area contributed by atoms with E-state index < -0.39 is 0 Å². The molecule has 0 aliphatic heterocycles. The van der Waals surface area contributed by atoms with Gasteiger partial charge in [-0.3, -0.25) is 0 Å². The second kappa shape index (κ2) is 6.37. The number of aromatic nitrogens is 1. The van der Waals surface area contributed by atoms with E-state index in [0.29, 0.717) is 0 Å². The molecule has 1 N–H and O–H groups in total. The normalized spacial score (nSPS) is 10.8. The van der Waals surface area contributed by atoms with Crippen LogP contribution in [0.5, 0.6) is 5.75 Å². The van der Waals surface area contributed by atoms with Gasteiger partial charge in [0.25, 0.3) is 0 Å². The zero-order valence-corrected chi connectivity index (χ0v) is 13.6. The Bertz CT molecular complexity index is 741. The van der Waals surface area contributed by atoms with Crippen molar-refractivity contribution in [1.29, 1.82) is 0 Å². The van der Waals surface area contributed by atoms with Crippen molar-refractivity contribution in [2.24, 2.45) is 0 Å². The SMILES string of the molecule is CNc1nc2cc(OC)ccc2cc1CSc1cccs1. The lowest BCUT2D eigenvalue weighted by atomic mass is 10.1. The van der Waals surface area contributed by atoms with Crippen LogP contribution in [0.3, 0.4) is 0 Å². The molecule has 5 heteroatoms. The van der Waals surface area contributed by atoms with Crippen LogP contribution in [0.4, 0.5) is 5.82 Å². The minimum atomic E-state index is 0.831. The van der Waals surface area contributed by atoms with Crippen LogP contribution in [-0.4, -0.2) is 19.1 Å². The summed E-state index contributed by atoms with van der Waals surface area (Å²) in [6.45, 7) is 0. The summed E-state index contributed by atoms with van der Waals surface area (Å²) in [5.41, 5.74) is 2.16. The molecule has 0 unspecified atom stereocenters. The summed E-state index contributed by atoms with van der Waals surface area (Å²) in [6, 6.07) is 12.4. The van der Waals surface area contributed by atoms with Crippen LogP contribution >= 0.6 is 23.1 Å². The molecule has 3 aromatic rings. The Morgan fingerprint density at radius 2 is 2.19 bits per heavy atom. The van der Waals surface area contributed by atoms with Gasteiger partial charge in [-0.15, -0.1) is 23.1 Å². The lowest BCUT2D eigenvalue weighted by molar-refractivity contribution is 0.415. The van der Waals surface area contributed by atoms with Gasteiger partial charge < -0.3 is 10.1 Å². The molecule has 108 valence electrons. The first-order valence-corrected chi connectivity index (χ1v) is 8.48. The highest BCUT2D eigenvalue weighted by molar-refractivity contribution is 8.00. The lowest BCUT2D eigenvalue weighted by Gasteiger charge is -2.10. The molecule has 0 radical (unpaired) electrons. The monoisotopic (exact) mass is 316 g/mol. The topological polar surface area (TPSA) is 34.2 Å². The van der Waals surface area contributed by atoms with Crippen molar-refractivity contribution in [2.45, 2.75) is 9.96 Å². The Morgan fingerprint density at radius 3 is 2.90 bits per heavy atom. The first kappa shape index (κ1) is 14.2. The third kappa shape index (κ3) is 3.14. The number of benzene rings is 1. The van der Waals surface area contributed by atoms with Gasteiger partial charge >= 0.3 is 0 Å². The van der Waals surface area contributed by atoms with Gasteiger partial charge in [0.2, 0.25) is 0 Å². The lowest BCUT2D eigenvalue weighted by Crippen LogP contribution is -1.98. The van der Waals surface area contributed by atoms with Crippen LogP contribution in [0.25, 0.3) is 10.9 Å². The minimum Gasteiger partial charge on any atom is -0.497 e. The molecular formula is C16H16N2OS2. The van der Waals surface area contributed by atoms with Gasteiger partial charge in [-0.05, 0) is 29.6 Å². The number of nitrogens with one attached hydrogen (secondary N) is 1. The molecule has 2 heterocycles. The van der Waals surface area contributed by atoms with Crippen LogP contribution < -0.4 is 10.1 Å². The molecule has 0 amide bonds. The molecule has 0 bridgehead atoms. The Balaban J connectivity index is 1.93. The van der Waals surface area contributed by atoms with Crippen LogP contribution in [-0.2, 0) is 5.75 Å². The fraction of sp³-hybridized carbons (Fsp3) is 0.188. The summed E-state index contributed by atoms with van der Waals surface area (Å²) >= 11 is 3.61. The fourth-order valence-electron chi connectivity index (χ4n) is 2.14. The molecule has 0 saturated heterocycles. The first-order chi connectivity index (χ1) is 10.3. The Morgan fingerprint density at radius 1 is 1.29 bits per heavy atom. The van der Waals surface area contributed by atoms with Gasteiger partial charge in [0, 0.05) is 29.8 Å². The highest BCUT2D eigenvalue weighted by atomic mass is 32.2. The van der Waals surface area contributed by atoms with Gasteiger partial charge in [0.1, 0.15) is 11.6 Å². The molecule has 3 rings (SSSR count). The summed E-state index contributed by atoms with van der Waals surface area (Å²) in [7, 11) is 3.58. The minimum absolute atomic E-state index is 0.831. The first-order valence-electron chi connectivity index (χ1n) is 6.62. The number of pyridine rings is 1. The van der Waals surface area contributed by atoms with Crippen molar-refractivity contribution >= 4 is 39.8 Å². The number of thioether (sulfide) groups is 1. The maximum atomic E-state index is 5.26. The van der Waals surface area contributed by atoms with Gasteiger partial charge in [0.05, 0.1) is 16.8 Å². The smallest absolute Gasteiger partial charge is 0.130 e. The van der Waals surface area contributed by atoms with Crippen LogP contribution in [0.15, 0.2) is 46.0 Å². The zero-order valence-electron chi connectivity index (χ0n) is 11.9. The van der Waals surface area contributed by atoms with Gasteiger partial charge in [-0.25, -0.2) is 4.98 Å². The molecule has 0 aliphatic rings. The van der Waals surface area contributed by atoms with Crippen molar-refractivity contribution in [1.82, 2.24) is 4.98 Å². The van der Waals surface area contributed by atoms with E-state index in [-0.39, 0.29) is 0 Å². The van der Waals surface area contributed by atoms with E-state index >= 15 is 0 Å². The molecular weight excluding hydrogens is 300 g/mol. The van der Waals surface area contributed by atoms with E-state index in [1.54, 1.807) is 18.4 Å². The zero-order chi connectivity index (χ0) is 14.7. The molecule has 0 spiro atoms. The highest BCUT2D eigenvalue weighted by Gasteiger charge is 2.08. The van der Waals surface area contributed by atoms with E-state index in [4.69, 9.17) is 9.72 Å². The van der Waals surface area contributed by atoms with Crippen molar-refractivity contribution in [3.8, 4) is 5.75 Å². The van der Waals surface area contributed by atoms with E-state index in [1.165, 1.54) is 9.77 Å². The molecule has 21 heavy (non-hydrogen) atoms. The molecule has 2 aromatic heterocycles. The largest absolute Gasteiger partial charge is 0.497 e. The summed E-state index contributed by atoms with van der Waals surface area (Å²) in [5.74, 6) is 2.67. The number of rotatable bonds is 5. The second-order valence-electron chi connectivity index (χ2n) is 4.53. The average molecular weight is 316 g/mol. The van der Waals surface area contributed by atoms with Crippen molar-refractivity contribution in [3.05, 3.63) is 47.3 Å². The van der Waals surface area contributed by atoms with E-state index in [0.717, 1.165) is 28.2 Å². The molecule has 0 fully saturated rings. The number of nitrogens with zero attached hydrogens (tertiary/aromatic N) is 1.